The molecular formula is C15H13N3S. The summed E-state index contributed by atoms with van der Waals surface area (Å²) in [7, 11) is 0. The van der Waals surface area contributed by atoms with E-state index < -0.39 is 0 Å². The van der Waals surface area contributed by atoms with Crippen LogP contribution >= 0.6 is 12.2 Å². The Labute approximate surface area is 116 Å². The third-order valence-corrected chi connectivity index (χ3v) is 3.26. The van der Waals surface area contributed by atoms with E-state index in [1.54, 1.807) is 6.20 Å². The number of nitrogens with one attached hydrogen (secondary N) is 1. The van der Waals surface area contributed by atoms with Crippen LogP contribution in [-0.4, -0.2) is 9.66 Å². The number of rotatable bonds is 3. The molecule has 0 radical (unpaired) electrons. The summed E-state index contributed by atoms with van der Waals surface area (Å²) in [6.07, 6.45) is 1.78. The first-order valence-corrected chi connectivity index (χ1v) is 6.50. The van der Waals surface area contributed by atoms with Gasteiger partial charge in [-0.15, -0.1) is 0 Å². The van der Waals surface area contributed by atoms with E-state index >= 15 is 0 Å². The summed E-state index contributed by atoms with van der Waals surface area (Å²) in [6.45, 7) is 0.713. The minimum Gasteiger partial charge on any atom is -0.319 e. The van der Waals surface area contributed by atoms with Gasteiger partial charge < -0.3 is 5.43 Å². The van der Waals surface area contributed by atoms with Crippen molar-refractivity contribution in [2.45, 2.75) is 6.54 Å². The highest BCUT2D eigenvalue weighted by Gasteiger charge is 2.01. The second kappa shape index (κ2) is 5.20. The lowest BCUT2D eigenvalue weighted by Gasteiger charge is -2.13. The molecule has 19 heavy (non-hydrogen) atoms. The molecule has 1 aromatic carbocycles. The van der Waals surface area contributed by atoms with Gasteiger partial charge in [0.15, 0.2) is 5.65 Å². The summed E-state index contributed by atoms with van der Waals surface area (Å²) >= 11 is 5.36. The second-order valence-electron chi connectivity index (χ2n) is 4.24. The van der Waals surface area contributed by atoms with Crippen LogP contribution in [0.3, 0.4) is 0 Å². The van der Waals surface area contributed by atoms with Crippen LogP contribution in [0.2, 0.25) is 0 Å². The Morgan fingerprint density at radius 2 is 1.84 bits per heavy atom. The molecule has 3 aromatic rings. The van der Waals surface area contributed by atoms with Crippen LogP contribution in [-0.2, 0) is 6.54 Å². The summed E-state index contributed by atoms with van der Waals surface area (Å²) in [6, 6.07) is 18.1. The number of hydrogen-bond donors (Lipinski definition) is 1. The Bertz CT molecular complexity index is 750. The van der Waals surface area contributed by atoms with E-state index in [9.17, 15) is 0 Å². The zero-order valence-corrected chi connectivity index (χ0v) is 11.1. The molecule has 0 aliphatic carbocycles. The predicted molar refractivity (Wildman–Crippen MR) is 80.1 cm³/mol. The van der Waals surface area contributed by atoms with E-state index in [1.165, 1.54) is 5.56 Å². The molecule has 4 heteroatoms. The van der Waals surface area contributed by atoms with E-state index in [0.29, 0.717) is 6.54 Å². The van der Waals surface area contributed by atoms with Gasteiger partial charge in [-0.2, -0.15) is 0 Å². The molecule has 3 rings (SSSR count). The lowest BCUT2D eigenvalue weighted by atomic mass is 10.2. The number of benzene rings is 1. The van der Waals surface area contributed by atoms with Gasteiger partial charge >= 0.3 is 0 Å². The molecule has 94 valence electrons. The van der Waals surface area contributed by atoms with Crippen LogP contribution in [0.1, 0.15) is 5.56 Å². The summed E-state index contributed by atoms with van der Waals surface area (Å²) in [5, 5.41) is 1.07. The third kappa shape index (κ3) is 2.48. The van der Waals surface area contributed by atoms with Gasteiger partial charge in [-0.25, -0.2) is 9.66 Å². The largest absolute Gasteiger partial charge is 0.319 e. The van der Waals surface area contributed by atoms with Gasteiger partial charge in [0, 0.05) is 11.6 Å². The number of aromatic nitrogens is 2. The maximum absolute atomic E-state index is 5.36. The summed E-state index contributed by atoms with van der Waals surface area (Å²) < 4.78 is 2.58. The van der Waals surface area contributed by atoms with Gasteiger partial charge in [0.1, 0.15) is 4.64 Å². The van der Waals surface area contributed by atoms with Crippen molar-refractivity contribution in [2.75, 3.05) is 5.43 Å². The Hall–Kier alpha value is -2.20. The molecule has 0 unspecified atom stereocenters. The second-order valence-corrected chi connectivity index (χ2v) is 4.66. The van der Waals surface area contributed by atoms with Crippen LogP contribution in [0.25, 0.3) is 11.0 Å². The molecule has 1 N–H and O–H groups in total. The van der Waals surface area contributed by atoms with Gasteiger partial charge in [-0.3, -0.25) is 0 Å². The van der Waals surface area contributed by atoms with Crippen molar-refractivity contribution < 1.29 is 0 Å². The Morgan fingerprint density at radius 1 is 1.00 bits per heavy atom. The fraction of sp³-hybridized carbons (Fsp3) is 0.0667. The molecule has 0 spiro atoms. The van der Waals surface area contributed by atoms with Crippen molar-refractivity contribution >= 4 is 23.3 Å². The summed E-state index contributed by atoms with van der Waals surface area (Å²) in [5.41, 5.74) is 5.38. The Balaban J connectivity index is 1.96. The third-order valence-electron chi connectivity index (χ3n) is 2.94. The topological polar surface area (TPSA) is 29.9 Å². The molecule has 2 aromatic heterocycles. The zero-order chi connectivity index (χ0) is 13.1. The highest BCUT2D eigenvalue weighted by atomic mass is 32.1. The number of pyridine rings is 2. The molecule has 0 amide bonds. The summed E-state index contributed by atoms with van der Waals surface area (Å²) in [5.74, 6) is 0. The highest BCUT2D eigenvalue weighted by Crippen LogP contribution is 2.11. The fourth-order valence-corrected chi connectivity index (χ4v) is 2.20. The van der Waals surface area contributed by atoms with Crippen molar-refractivity contribution in [1.82, 2.24) is 9.66 Å². The van der Waals surface area contributed by atoms with Gasteiger partial charge in [-0.1, -0.05) is 42.5 Å². The first-order chi connectivity index (χ1) is 9.34. The van der Waals surface area contributed by atoms with Crippen LogP contribution in [0.4, 0.5) is 0 Å². The summed E-state index contributed by atoms with van der Waals surface area (Å²) in [4.78, 5) is 4.39. The van der Waals surface area contributed by atoms with E-state index in [1.807, 2.05) is 47.1 Å². The van der Waals surface area contributed by atoms with E-state index in [0.717, 1.165) is 15.7 Å². The molecule has 0 saturated carbocycles. The maximum atomic E-state index is 5.36. The van der Waals surface area contributed by atoms with Crippen LogP contribution in [0, 0.1) is 4.64 Å². The van der Waals surface area contributed by atoms with Crippen molar-refractivity contribution in [3.63, 3.8) is 0 Å². The lowest BCUT2D eigenvalue weighted by Crippen LogP contribution is -2.16. The number of hydrogen-bond acceptors (Lipinski definition) is 3. The molecular weight excluding hydrogens is 254 g/mol. The minimum absolute atomic E-state index is 0.713. The zero-order valence-electron chi connectivity index (χ0n) is 10.3. The maximum Gasteiger partial charge on any atom is 0.159 e. The van der Waals surface area contributed by atoms with Gasteiger partial charge in [-0.05, 0) is 29.8 Å². The van der Waals surface area contributed by atoms with Crippen molar-refractivity contribution in [1.29, 1.82) is 0 Å². The number of fused-ring (bicyclic) bond motifs is 1. The van der Waals surface area contributed by atoms with Crippen LogP contribution < -0.4 is 5.43 Å². The SMILES string of the molecule is S=c1ccc2cccnc2n1NCc1ccccc1. The van der Waals surface area contributed by atoms with Crippen molar-refractivity contribution in [3.8, 4) is 0 Å². The Morgan fingerprint density at radius 3 is 2.68 bits per heavy atom. The van der Waals surface area contributed by atoms with Gasteiger partial charge in [0.25, 0.3) is 0 Å². The standard InChI is InChI=1S/C15H13N3S/c19-14-9-8-13-7-4-10-16-15(13)18(14)17-11-12-5-2-1-3-6-12/h1-10,17H,11H2. The quantitative estimate of drug-likeness (QED) is 0.736. The fourth-order valence-electron chi connectivity index (χ4n) is 1.99. The van der Waals surface area contributed by atoms with E-state index in [4.69, 9.17) is 12.2 Å². The highest BCUT2D eigenvalue weighted by molar-refractivity contribution is 7.71. The molecule has 0 aliphatic rings. The average molecular weight is 267 g/mol. The predicted octanol–water partition coefficient (Wildman–Crippen LogP) is 3.51. The Kier molecular flexibility index (Phi) is 3.25. The molecule has 0 aliphatic heterocycles. The van der Waals surface area contributed by atoms with Gasteiger partial charge in [0.05, 0.1) is 6.54 Å². The molecule has 0 fully saturated rings. The van der Waals surface area contributed by atoms with Crippen LogP contribution in [0.15, 0.2) is 60.8 Å². The molecule has 0 bridgehead atoms. The smallest absolute Gasteiger partial charge is 0.159 e. The lowest BCUT2D eigenvalue weighted by molar-refractivity contribution is 0.842. The normalized spacial score (nSPS) is 10.5. The van der Waals surface area contributed by atoms with E-state index in [-0.39, 0.29) is 0 Å². The first kappa shape index (κ1) is 11.9. The van der Waals surface area contributed by atoms with E-state index in [2.05, 4.69) is 22.5 Å². The van der Waals surface area contributed by atoms with Crippen molar-refractivity contribution in [2.24, 2.45) is 0 Å². The van der Waals surface area contributed by atoms with Crippen molar-refractivity contribution in [3.05, 3.63) is 71.0 Å². The van der Waals surface area contributed by atoms with Gasteiger partial charge in [0.2, 0.25) is 0 Å². The van der Waals surface area contributed by atoms with Crippen LogP contribution in [0.5, 0.6) is 0 Å². The molecule has 2 heterocycles. The molecule has 0 saturated heterocycles. The first-order valence-electron chi connectivity index (χ1n) is 6.09. The number of nitrogens with zero attached hydrogens (tertiary/aromatic N) is 2. The minimum atomic E-state index is 0.713. The molecule has 3 nitrogen and oxygen atoms in total. The monoisotopic (exact) mass is 267 g/mol. The average Bonchev–Trinajstić information content (AvgIpc) is 2.47. The molecule has 0 atom stereocenters.